The zero-order chi connectivity index (χ0) is 14.7. The van der Waals surface area contributed by atoms with Gasteiger partial charge in [0.25, 0.3) is 0 Å². The van der Waals surface area contributed by atoms with E-state index in [9.17, 15) is 9.59 Å². The van der Waals surface area contributed by atoms with E-state index in [0.29, 0.717) is 13.2 Å². The molecule has 0 aliphatic carbocycles. The number of nitrogens with one attached hydrogen (secondary N) is 2. The summed E-state index contributed by atoms with van der Waals surface area (Å²) < 4.78 is 5.26. The molecule has 1 fully saturated rings. The minimum atomic E-state index is -0.921. The number of carboxylic acids is 1. The van der Waals surface area contributed by atoms with Crippen molar-refractivity contribution in [1.82, 2.24) is 10.6 Å². The van der Waals surface area contributed by atoms with E-state index in [1.54, 1.807) is 0 Å². The summed E-state index contributed by atoms with van der Waals surface area (Å²) in [5, 5.41) is 14.5. The first-order valence-corrected chi connectivity index (χ1v) is 6.51. The molecule has 2 amide bonds. The molecule has 3 N–H and O–H groups in total. The summed E-state index contributed by atoms with van der Waals surface area (Å²) in [5.74, 6) is -0.921. The Bertz CT molecular complexity index is 343. The molecule has 0 spiro atoms. The maximum absolute atomic E-state index is 12.0. The zero-order valence-electron chi connectivity index (χ0n) is 12.1. The normalized spacial score (nSPS) is 24.8. The van der Waals surface area contributed by atoms with Crippen molar-refractivity contribution in [3.63, 3.8) is 0 Å². The van der Waals surface area contributed by atoms with Crippen molar-refractivity contribution >= 4 is 12.0 Å². The van der Waals surface area contributed by atoms with Crippen LogP contribution in [-0.2, 0) is 9.53 Å². The number of aliphatic carboxylic acids is 1. The Balaban J connectivity index is 2.58. The third kappa shape index (κ3) is 5.06. The molecule has 1 rings (SSSR count). The van der Waals surface area contributed by atoms with Crippen molar-refractivity contribution in [2.24, 2.45) is 5.41 Å². The summed E-state index contributed by atoms with van der Waals surface area (Å²) in [5.41, 5.74) is -0.682. The minimum Gasteiger partial charge on any atom is -0.481 e. The molecule has 0 aromatic rings. The Labute approximate surface area is 113 Å². The van der Waals surface area contributed by atoms with E-state index in [4.69, 9.17) is 9.84 Å². The summed E-state index contributed by atoms with van der Waals surface area (Å²) in [6, 6.07) is -0.759. The smallest absolute Gasteiger partial charge is 0.315 e. The fraction of sp³-hybridized carbons (Fsp3) is 0.846. The fourth-order valence-corrected chi connectivity index (χ4v) is 1.98. The van der Waals surface area contributed by atoms with Gasteiger partial charge in [-0.15, -0.1) is 0 Å². The molecule has 1 heterocycles. The van der Waals surface area contributed by atoms with Crippen LogP contribution in [0.5, 0.6) is 0 Å². The predicted molar refractivity (Wildman–Crippen MR) is 71.0 cm³/mol. The lowest BCUT2D eigenvalue weighted by molar-refractivity contribution is -0.138. The van der Waals surface area contributed by atoms with Crippen LogP contribution in [0.3, 0.4) is 0 Å². The number of urea groups is 1. The van der Waals surface area contributed by atoms with Crippen LogP contribution in [0.4, 0.5) is 4.79 Å². The van der Waals surface area contributed by atoms with Gasteiger partial charge in [0.1, 0.15) is 0 Å². The van der Waals surface area contributed by atoms with Crippen molar-refractivity contribution in [3.8, 4) is 0 Å². The van der Waals surface area contributed by atoms with E-state index in [1.807, 2.05) is 27.7 Å². The Hall–Kier alpha value is -1.30. The van der Waals surface area contributed by atoms with E-state index in [-0.39, 0.29) is 23.4 Å². The van der Waals surface area contributed by atoms with Gasteiger partial charge in [0.05, 0.1) is 18.6 Å². The van der Waals surface area contributed by atoms with Crippen LogP contribution in [0, 0.1) is 5.41 Å². The first-order valence-electron chi connectivity index (χ1n) is 6.51. The number of carbonyl (C=O) groups excluding carboxylic acids is 1. The quantitative estimate of drug-likeness (QED) is 0.721. The molecule has 0 saturated carbocycles. The maximum Gasteiger partial charge on any atom is 0.315 e. The fourth-order valence-electron chi connectivity index (χ4n) is 1.98. The molecule has 2 unspecified atom stereocenters. The molecule has 0 aromatic carbocycles. The lowest BCUT2D eigenvalue weighted by Gasteiger charge is -2.32. The summed E-state index contributed by atoms with van der Waals surface area (Å²) in [4.78, 5) is 22.8. The number of rotatable bonds is 4. The van der Waals surface area contributed by atoms with Gasteiger partial charge in [-0.1, -0.05) is 20.8 Å². The average molecular weight is 272 g/mol. The Morgan fingerprint density at radius 1 is 1.42 bits per heavy atom. The lowest BCUT2D eigenvalue weighted by atomic mass is 9.85. The Kier molecular flexibility index (Phi) is 4.79. The van der Waals surface area contributed by atoms with Crippen LogP contribution in [0.2, 0.25) is 0 Å². The van der Waals surface area contributed by atoms with Crippen LogP contribution < -0.4 is 10.6 Å². The van der Waals surface area contributed by atoms with E-state index in [2.05, 4.69) is 10.6 Å². The van der Waals surface area contributed by atoms with Gasteiger partial charge >= 0.3 is 12.0 Å². The van der Waals surface area contributed by atoms with Gasteiger partial charge in [-0.3, -0.25) is 4.79 Å². The molecule has 2 atom stereocenters. The SMILES string of the molecule is CC1(NC(=O)NC(CC(=O)O)C(C)(C)C)CCOC1. The van der Waals surface area contributed by atoms with Gasteiger partial charge in [-0.25, -0.2) is 4.79 Å². The Morgan fingerprint density at radius 3 is 2.47 bits per heavy atom. The van der Waals surface area contributed by atoms with Crippen LogP contribution in [0.1, 0.15) is 40.5 Å². The topological polar surface area (TPSA) is 87.7 Å². The van der Waals surface area contributed by atoms with Gasteiger partial charge in [0, 0.05) is 12.6 Å². The molecule has 1 aliphatic rings. The molecule has 6 heteroatoms. The molecule has 0 aromatic heterocycles. The van der Waals surface area contributed by atoms with Gasteiger partial charge in [-0.05, 0) is 18.8 Å². The van der Waals surface area contributed by atoms with Gasteiger partial charge in [-0.2, -0.15) is 0 Å². The third-order valence-electron chi connectivity index (χ3n) is 3.36. The predicted octanol–water partition coefficient (Wildman–Crippen LogP) is 1.35. The van der Waals surface area contributed by atoms with Crippen LogP contribution in [0.15, 0.2) is 0 Å². The van der Waals surface area contributed by atoms with Crippen molar-refractivity contribution in [2.75, 3.05) is 13.2 Å². The molecule has 0 radical (unpaired) electrons. The highest BCUT2D eigenvalue weighted by atomic mass is 16.5. The zero-order valence-corrected chi connectivity index (χ0v) is 12.1. The molecular weight excluding hydrogens is 248 g/mol. The number of hydrogen-bond donors (Lipinski definition) is 3. The summed E-state index contributed by atoms with van der Waals surface area (Å²) in [6.07, 6.45) is 0.670. The summed E-state index contributed by atoms with van der Waals surface area (Å²) in [7, 11) is 0. The van der Waals surface area contributed by atoms with E-state index in [0.717, 1.165) is 6.42 Å². The Morgan fingerprint density at radius 2 is 2.05 bits per heavy atom. The second-order valence-electron chi connectivity index (χ2n) is 6.48. The molecule has 6 nitrogen and oxygen atoms in total. The van der Waals surface area contributed by atoms with Crippen molar-refractivity contribution in [3.05, 3.63) is 0 Å². The van der Waals surface area contributed by atoms with Crippen molar-refractivity contribution < 1.29 is 19.4 Å². The standard InChI is InChI=1S/C13H24N2O4/c1-12(2,3)9(7-10(16)17)14-11(18)15-13(4)5-6-19-8-13/h9H,5-8H2,1-4H3,(H,16,17)(H2,14,15,18). The minimum absolute atomic E-state index is 0.0931. The number of ether oxygens (including phenoxy) is 1. The maximum atomic E-state index is 12.0. The molecule has 19 heavy (non-hydrogen) atoms. The van der Waals surface area contributed by atoms with Crippen LogP contribution in [-0.4, -0.2) is 41.9 Å². The largest absolute Gasteiger partial charge is 0.481 e. The van der Waals surface area contributed by atoms with Crippen LogP contribution >= 0.6 is 0 Å². The van der Waals surface area contributed by atoms with Crippen molar-refractivity contribution in [2.45, 2.75) is 52.1 Å². The first-order chi connectivity index (χ1) is 8.62. The second kappa shape index (κ2) is 5.77. The monoisotopic (exact) mass is 272 g/mol. The molecule has 110 valence electrons. The second-order valence-corrected chi connectivity index (χ2v) is 6.48. The summed E-state index contributed by atoms with van der Waals surface area (Å²) in [6.45, 7) is 8.75. The van der Waals surface area contributed by atoms with Crippen molar-refractivity contribution in [1.29, 1.82) is 0 Å². The number of carbonyl (C=O) groups is 2. The van der Waals surface area contributed by atoms with Gasteiger partial charge in [0.2, 0.25) is 0 Å². The number of hydrogen-bond acceptors (Lipinski definition) is 3. The molecule has 1 saturated heterocycles. The molecular formula is C13H24N2O4. The van der Waals surface area contributed by atoms with Crippen LogP contribution in [0.25, 0.3) is 0 Å². The highest BCUT2D eigenvalue weighted by Gasteiger charge is 2.34. The summed E-state index contributed by atoms with van der Waals surface area (Å²) >= 11 is 0. The lowest BCUT2D eigenvalue weighted by Crippen LogP contribution is -2.55. The molecule has 1 aliphatic heterocycles. The highest BCUT2D eigenvalue weighted by Crippen LogP contribution is 2.22. The number of carboxylic acid groups (broad SMARTS) is 1. The molecule has 0 bridgehead atoms. The van der Waals surface area contributed by atoms with E-state index in [1.165, 1.54) is 0 Å². The van der Waals surface area contributed by atoms with E-state index >= 15 is 0 Å². The van der Waals surface area contributed by atoms with Gasteiger partial charge in [0.15, 0.2) is 0 Å². The highest BCUT2D eigenvalue weighted by molar-refractivity contribution is 5.76. The number of amides is 2. The average Bonchev–Trinajstić information content (AvgIpc) is 2.61. The van der Waals surface area contributed by atoms with E-state index < -0.39 is 12.0 Å². The van der Waals surface area contributed by atoms with Gasteiger partial charge < -0.3 is 20.5 Å². The third-order valence-corrected chi connectivity index (χ3v) is 3.36. The first kappa shape index (κ1) is 15.8.